The number of hydrogen-bond donors (Lipinski definition) is 0. The van der Waals surface area contributed by atoms with Gasteiger partial charge in [0.2, 0.25) is 5.91 Å². The van der Waals surface area contributed by atoms with Gasteiger partial charge in [0.25, 0.3) is 0 Å². The molecule has 0 aliphatic carbocycles. The molecule has 0 spiro atoms. The van der Waals surface area contributed by atoms with Gasteiger partial charge in [-0.05, 0) is 44.0 Å². The minimum atomic E-state index is -0.313. The van der Waals surface area contributed by atoms with E-state index in [9.17, 15) is 14.4 Å². The van der Waals surface area contributed by atoms with Gasteiger partial charge in [-0.2, -0.15) is 10.4 Å². The van der Waals surface area contributed by atoms with E-state index in [1.165, 1.54) is 18.3 Å². The molecule has 1 aromatic carbocycles. The fraction of sp³-hybridized carbons (Fsp3) is 0.333. The number of hydrogen-bond acceptors (Lipinski definition) is 5. The van der Waals surface area contributed by atoms with Gasteiger partial charge in [-0.3, -0.25) is 4.79 Å². The summed E-state index contributed by atoms with van der Waals surface area (Å²) in [5.74, 6) is -0.325. The lowest BCUT2D eigenvalue weighted by Crippen LogP contribution is -2.42. The van der Waals surface area contributed by atoms with Gasteiger partial charge in [-0.1, -0.05) is 0 Å². The van der Waals surface area contributed by atoms with Crippen molar-refractivity contribution >= 4 is 22.9 Å². The van der Waals surface area contributed by atoms with Gasteiger partial charge in [-0.25, -0.2) is 13.9 Å². The molecule has 0 saturated carbocycles. The van der Waals surface area contributed by atoms with Crippen LogP contribution in [0.1, 0.15) is 28.9 Å². The lowest BCUT2D eigenvalue weighted by molar-refractivity contribution is -0.118. The van der Waals surface area contributed by atoms with Crippen LogP contribution >= 0.6 is 0 Å². The predicted octanol–water partition coefficient (Wildman–Crippen LogP) is 2.77. The Kier molecular flexibility index (Phi) is 4.66. The molecule has 29 heavy (non-hydrogen) atoms. The van der Waals surface area contributed by atoms with Crippen LogP contribution in [0, 0.1) is 31.0 Å². The molecule has 0 saturated heterocycles. The summed E-state index contributed by atoms with van der Waals surface area (Å²) in [4.78, 5) is 21.2. The van der Waals surface area contributed by atoms with Gasteiger partial charge in [0, 0.05) is 37.9 Å². The molecule has 0 atom stereocenters. The Morgan fingerprint density at radius 3 is 2.83 bits per heavy atom. The van der Waals surface area contributed by atoms with Gasteiger partial charge in [0.15, 0.2) is 5.65 Å². The lowest BCUT2D eigenvalue weighted by Gasteiger charge is -2.35. The van der Waals surface area contributed by atoms with Crippen molar-refractivity contribution in [2.24, 2.45) is 0 Å². The average Bonchev–Trinajstić information content (AvgIpc) is 3.11. The maximum absolute atomic E-state index is 13.6. The van der Waals surface area contributed by atoms with E-state index < -0.39 is 0 Å². The van der Waals surface area contributed by atoms with Gasteiger partial charge in [-0.15, -0.1) is 0 Å². The summed E-state index contributed by atoms with van der Waals surface area (Å²) in [5.41, 5.74) is 5.04. The number of anilines is 2. The minimum absolute atomic E-state index is 0.0111. The van der Waals surface area contributed by atoms with Crippen molar-refractivity contribution in [2.45, 2.75) is 26.7 Å². The zero-order valence-corrected chi connectivity index (χ0v) is 16.6. The number of nitrogens with zero attached hydrogens (tertiary/aromatic N) is 6. The molecule has 1 amide bonds. The molecular weight excluding hydrogens is 371 g/mol. The number of amides is 1. The average molecular weight is 392 g/mol. The van der Waals surface area contributed by atoms with Crippen LogP contribution < -0.4 is 9.80 Å². The third-order valence-electron chi connectivity index (χ3n) is 5.52. The fourth-order valence-corrected chi connectivity index (χ4v) is 3.90. The highest BCUT2D eigenvalue weighted by Crippen LogP contribution is 2.33. The molecule has 0 radical (unpaired) electrons. The van der Waals surface area contributed by atoms with Crippen LogP contribution in [0.3, 0.4) is 0 Å². The van der Waals surface area contributed by atoms with Crippen molar-refractivity contribution in [3.8, 4) is 6.07 Å². The van der Waals surface area contributed by atoms with E-state index in [2.05, 4.69) is 16.2 Å². The minimum Gasteiger partial charge on any atom is -0.371 e. The van der Waals surface area contributed by atoms with Crippen LogP contribution in [-0.4, -0.2) is 40.6 Å². The summed E-state index contributed by atoms with van der Waals surface area (Å²) >= 11 is 0. The van der Waals surface area contributed by atoms with Crippen molar-refractivity contribution in [2.75, 3.05) is 29.9 Å². The number of benzene rings is 1. The van der Waals surface area contributed by atoms with Crippen molar-refractivity contribution < 1.29 is 9.18 Å². The number of fused-ring (bicyclic) bond motifs is 2. The summed E-state index contributed by atoms with van der Waals surface area (Å²) in [5, 5.41) is 13.4. The Morgan fingerprint density at radius 2 is 2.07 bits per heavy atom. The Labute approximate surface area is 168 Å². The molecule has 7 nitrogen and oxygen atoms in total. The molecular formula is C21H21FN6O. The molecule has 0 unspecified atom stereocenters. The first kappa shape index (κ1) is 18.9. The molecule has 3 heterocycles. The van der Waals surface area contributed by atoms with Crippen LogP contribution in [0.2, 0.25) is 0 Å². The summed E-state index contributed by atoms with van der Waals surface area (Å²) in [6, 6.07) is 6.61. The third-order valence-corrected chi connectivity index (χ3v) is 5.52. The molecule has 148 valence electrons. The van der Waals surface area contributed by atoms with Crippen molar-refractivity contribution in [1.82, 2.24) is 14.6 Å². The van der Waals surface area contributed by atoms with E-state index in [1.54, 1.807) is 15.5 Å². The SMILES string of the molecule is Cc1nc2c(C#N)cnn2c(C)c1CCC(=O)N1CCN(C)c2cc(F)ccc21. The second-order valence-corrected chi connectivity index (χ2v) is 7.27. The van der Waals surface area contributed by atoms with Crippen LogP contribution in [0.15, 0.2) is 24.4 Å². The van der Waals surface area contributed by atoms with Gasteiger partial charge in [0.1, 0.15) is 17.4 Å². The number of aromatic nitrogens is 3. The summed E-state index contributed by atoms with van der Waals surface area (Å²) in [6.45, 7) is 5.02. The standard InChI is InChI=1S/C21H21FN6O/c1-13-17(14(2)28-21(25-13)15(11-23)12-24-28)5-7-20(29)27-9-8-26(3)19-10-16(22)4-6-18(19)27/h4,6,10,12H,5,7-9H2,1-3H3. The molecule has 0 fully saturated rings. The smallest absolute Gasteiger partial charge is 0.227 e. The second kappa shape index (κ2) is 7.17. The van der Waals surface area contributed by atoms with Crippen molar-refractivity contribution in [1.29, 1.82) is 5.26 Å². The third kappa shape index (κ3) is 3.18. The molecule has 0 N–H and O–H groups in total. The summed E-state index contributed by atoms with van der Waals surface area (Å²) in [6.07, 6.45) is 2.33. The molecule has 4 rings (SSSR count). The molecule has 8 heteroatoms. The second-order valence-electron chi connectivity index (χ2n) is 7.27. The van der Waals surface area contributed by atoms with E-state index >= 15 is 0 Å². The monoisotopic (exact) mass is 392 g/mol. The van der Waals surface area contributed by atoms with Crippen LogP contribution in [0.4, 0.5) is 15.8 Å². The van der Waals surface area contributed by atoms with Crippen molar-refractivity contribution in [3.05, 3.63) is 52.7 Å². The van der Waals surface area contributed by atoms with E-state index in [0.29, 0.717) is 37.1 Å². The first-order chi connectivity index (χ1) is 13.9. The number of carbonyl (C=O) groups is 1. The van der Waals surface area contributed by atoms with E-state index in [0.717, 1.165) is 28.3 Å². The number of aryl methyl sites for hydroxylation is 2. The lowest BCUT2D eigenvalue weighted by atomic mass is 10.0. The first-order valence-electron chi connectivity index (χ1n) is 9.45. The zero-order chi connectivity index (χ0) is 20.7. The first-order valence-corrected chi connectivity index (χ1v) is 9.45. The van der Waals surface area contributed by atoms with Crippen LogP contribution in [0.25, 0.3) is 5.65 Å². The number of carbonyl (C=O) groups excluding carboxylic acids is 1. The molecule has 1 aliphatic heterocycles. The molecule has 3 aromatic rings. The maximum atomic E-state index is 13.6. The van der Waals surface area contributed by atoms with E-state index in [4.69, 9.17) is 0 Å². The number of nitriles is 1. The van der Waals surface area contributed by atoms with Crippen LogP contribution in [-0.2, 0) is 11.2 Å². The predicted molar refractivity (Wildman–Crippen MR) is 108 cm³/mol. The topological polar surface area (TPSA) is 77.5 Å². The molecule has 1 aliphatic rings. The Balaban J connectivity index is 1.58. The Bertz CT molecular complexity index is 1160. The Hall–Kier alpha value is -3.47. The summed E-state index contributed by atoms with van der Waals surface area (Å²) < 4.78 is 15.3. The van der Waals surface area contributed by atoms with E-state index in [-0.39, 0.29) is 11.7 Å². The quantitative estimate of drug-likeness (QED) is 0.685. The van der Waals surface area contributed by atoms with E-state index in [1.807, 2.05) is 25.8 Å². The van der Waals surface area contributed by atoms with Crippen molar-refractivity contribution in [3.63, 3.8) is 0 Å². The largest absolute Gasteiger partial charge is 0.371 e. The Morgan fingerprint density at radius 1 is 1.28 bits per heavy atom. The highest BCUT2D eigenvalue weighted by Gasteiger charge is 2.26. The number of halogens is 1. The molecule has 2 aromatic heterocycles. The number of likely N-dealkylation sites (N-methyl/N-ethyl adjacent to an activating group) is 1. The summed E-state index contributed by atoms with van der Waals surface area (Å²) in [7, 11) is 1.90. The normalized spacial score (nSPS) is 13.5. The van der Waals surface area contributed by atoms with Gasteiger partial charge >= 0.3 is 0 Å². The van der Waals surface area contributed by atoms with Crippen LogP contribution in [0.5, 0.6) is 0 Å². The molecule has 0 bridgehead atoms. The highest BCUT2D eigenvalue weighted by molar-refractivity contribution is 5.98. The maximum Gasteiger partial charge on any atom is 0.227 e. The highest BCUT2D eigenvalue weighted by atomic mass is 19.1. The zero-order valence-electron chi connectivity index (χ0n) is 16.6. The number of rotatable bonds is 3. The van der Waals surface area contributed by atoms with Gasteiger partial charge < -0.3 is 9.80 Å². The fourth-order valence-electron chi connectivity index (χ4n) is 3.90. The van der Waals surface area contributed by atoms with Gasteiger partial charge in [0.05, 0.1) is 17.6 Å².